The van der Waals surface area contributed by atoms with E-state index in [0.717, 1.165) is 13.0 Å². The number of aliphatic hydroxyl groups excluding tert-OH is 1. The van der Waals surface area contributed by atoms with Gasteiger partial charge in [0.2, 0.25) is 0 Å². The molecule has 1 aromatic heterocycles. The lowest BCUT2D eigenvalue weighted by atomic mass is 10.1. The van der Waals surface area contributed by atoms with Crippen molar-refractivity contribution in [2.75, 3.05) is 6.61 Å². The zero-order valence-corrected chi connectivity index (χ0v) is 8.40. The maximum atomic E-state index is 8.84. The minimum Gasteiger partial charge on any atom is -0.396 e. The summed E-state index contributed by atoms with van der Waals surface area (Å²) in [6.07, 6.45) is 2.85. The second-order valence-corrected chi connectivity index (χ2v) is 3.47. The Balaban J connectivity index is 2.46. The molecule has 1 N–H and O–H groups in total. The average Bonchev–Trinajstić information content (AvgIpc) is 2.60. The molecule has 0 fully saturated rings. The van der Waals surface area contributed by atoms with Crippen LogP contribution in [0.2, 0.25) is 0 Å². The first-order chi connectivity index (χ1) is 6.85. The topological polar surface area (TPSA) is 25.2 Å². The van der Waals surface area contributed by atoms with Crippen molar-refractivity contribution in [3.63, 3.8) is 0 Å². The van der Waals surface area contributed by atoms with Crippen molar-refractivity contribution in [3.8, 4) is 0 Å². The van der Waals surface area contributed by atoms with E-state index in [4.69, 9.17) is 5.11 Å². The van der Waals surface area contributed by atoms with Gasteiger partial charge in [0.1, 0.15) is 0 Å². The molecule has 0 spiro atoms. The minimum absolute atomic E-state index is 0.222. The van der Waals surface area contributed by atoms with Crippen LogP contribution in [-0.4, -0.2) is 16.3 Å². The largest absolute Gasteiger partial charge is 0.396 e. The highest BCUT2D eigenvalue weighted by atomic mass is 16.2. The molecule has 2 rings (SSSR count). The van der Waals surface area contributed by atoms with Crippen molar-refractivity contribution < 1.29 is 5.11 Å². The highest BCUT2D eigenvalue weighted by Gasteiger charge is 2.00. The van der Waals surface area contributed by atoms with E-state index in [0.29, 0.717) is 0 Å². The lowest BCUT2D eigenvalue weighted by Crippen LogP contribution is -1.92. The molecule has 14 heavy (non-hydrogen) atoms. The Morgan fingerprint density at radius 3 is 2.86 bits per heavy atom. The van der Waals surface area contributed by atoms with Gasteiger partial charge in [0.15, 0.2) is 0 Å². The summed E-state index contributed by atoms with van der Waals surface area (Å²) >= 11 is 0. The summed E-state index contributed by atoms with van der Waals surface area (Å²) in [5.41, 5.74) is 2.48. The number of hydrogen-bond acceptors (Lipinski definition) is 1. The van der Waals surface area contributed by atoms with Gasteiger partial charge in [-0.1, -0.05) is 6.07 Å². The number of aromatic nitrogens is 1. The molecule has 0 radical (unpaired) electrons. The summed E-state index contributed by atoms with van der Waals surface area (Å²) in [5, 5.41) is 10.1. The molecule has 2 nitrogen and oxygen atoms in total. The van der Waals surface area contributed by atoms with Crippen LogP contribution in [0.25, 0.3) is 10.9 Å². The van der Waals surface area contributed by atoms with Crippen LogP contribution in [0.3, 0.4) is 0 Å². The molecular weight excluding hydrogens is 174 g/mol. The molecule has 0 aliphatic heterocycles. The van der Waals surface area contributed by atoms with Crippen molar-refractivity contribution in [2.24, 2.45) is 0 Å². The first-order valence-electron chi connectivity index (χ1n) is 5.03. The van der Waals surface area contributed by atoms with E-state index in [1.54, 1.807) is 0 Å². The van der Waals surface area contributed by atoms with Crippen LogP contribution in [-0.2, 0) is 13.0 Å². The summed E-state index contributed by atoms with van der Waals surface area (Å²) in [6, 6.07) is 8.49. The van der Waals surface area contributed by atoms with Crippen LogP contribution in [0.15, 0.2) is 30.5 Å². The third kappa shape index (κ3) is 1.53. The molecule has 0 unspecified atom stereocenters. The molecular formula is C12H15NO. The molecule has 0 amide bonds. The fourth-order valence-electron chi connectivity index (χ4n) is 1.81. The molecule has 0 saturated heterocycles. The third-order valence-electron chi connectivity index (χ3n) is 2.58. The van der Waals surface area contributed by atoms with Crippen molar-refractivity contribution in [1.29, 1.82) is 0 Å². The number of rotatable bonds is 3. The van der Waals surface area contributed by atoms with Crippen molar-refractivity contribution >= 4 is 10.9 Å². The van der Waals surface area contributed by atoms with Gasteiger partial charge in [-0.05, 0) is 42.5 Å². The lowest BCUT2D eigenvalue weighted by Gasteiger charge is -2.02. The fourth-order valence-corrected chi connectivity index (χ4v) is 1.81. The molecule has 0 atom stereocenters. The molecule has 0 saturated carbocycles. The zero-order valence-electron chi connectivity index (χ0n) is 8.40. The smallest absolute Gasteiger partial charge is 0.0480 e. The molecule has 2 heteroatoms. The van der Waals surface area contributed by atoms with Gasteiger partial charge in [-0.25, -0.2) is 0 Å². The summed E-state index contributed by atoms with van der Waals surface area (Å²) in [5.74, 6) is 0. The van der Waals surface area contributed by atoms with E-state index < -0.39 is 0 Å². The summed E-state index contributed by atoms with van der Waals surface area (Å²) < 4.78 is 2.22. The Hall–Kier alpha value is -1.28. The predicted octanol–water partition coefficient (Wildman–Crippen LogP) is 2.20. The molecule has 1 aromatic carbocycles. The number of benzene rings is 1. The molecule has 0 bridgehead atoms. The van der Waals surface area contributed by atoms with Gasteiger partial charge in [0.25, 0.3) is 0 Å². The molecule has 1 heterocycles. The van der Waals surface area contributed by atoms with Crippen LogP contribution < -0.4 is 0 Å². The number of aliphatic hydroxyl groups is 1. The van der Waals surface area contributed by atoms with E-state index in [9.17, 15) is 0 Å². The van der Waals surface area contributed by atoms with Gasteiger partial charge < -0.3 is 9.67 Å². The van der Waals surface area contributed by atoms with Crippen LogP contribution in [0.1, 0.15) is 12.5 Å². The van der Waals surface area contributed by atoms with Crippen LogP contribution in [0.4, 0.5) is 0 Å². The summed E-state index contributed by atoms with van der Waals surface area (Å²) in [7, 11) is 0. The predicted molar refractivity (Wildman–Crippen MR) is 58.4 cm³/mol. The monoisotopic (exact) mass is 189 g/mol. The van der Waals surface area contributed by atoms with Crippen LogP contribution in [0, 0.1) is 0 Å². The number of fused-ring (bicyclic) bond motifs is 1. The Bertz CT molecular complexity index is 431. The molecule has 2 aromatic rings. The highest BCUT2D eigenvalue weighted by Crippen LogP contribution is 2.17. The van der Waals surface area contributed by atoms with E-state index in [1.807, 2.05) is 0 Å². The van der Waals surface area contributed by atoms with E-state index in [-0.39, 0.29) is 6.61 Å². The van der Waals surface area contributed by atoms with E-state index >= 15 is 0 Å². The normalized spacial score (nSPS) is 11.0. The summed E-state index contributed by atoms with van der Waals surface area (Å²) in [4.78, 5) is 0. The molecule has 74 valence electrons. The first-order valence-corrected chi connectivity index (χ1v) is 5.03. The lowest BCUT2D eigenvalue weighted by molar-refractivity contribution is 0.299. The second-order valence-electron chi connectivity index (χ2n) is 3.47. The fraction of sp³-hybridized carbons (Fsp3) is 0.333. The van der Waals surface area contributed by atoms with Crippen molar-refractivity contribution in [2.45, 2.75) is 19.9 Å². The quantitative estimate of drug-likeness (QED) is 0.786. The van der Waals surface area contributed by atoms with Gasteiger partial charge in [0.05, 0.1) is 0 Å². The Morgan fingerprint density at radius 1 is 1.29 bits per heavy atom. The third-order valence-corrected chi connectivity index (χ3v) is 2.58. The maximum Gasteiger partial charge on any atom is 0.0480 e. The van der Waals surface area contributed by atoms with Gasteiger partial charge in [0, 0.05) is 24.9 Å². The Labute approximate surface area is 83.8 Å². The van der Waals surface area contributed by atoms with Crippen molar-refractivity contribution in [1.82, 2.24) is 4.57 Å². The number of hydrogen-bond donors (Lipinski definition) is 1. The zero-order chi connectivity index (χ0) is 9.97. The van der Waals surface area contributed by atoms with Crippen LogP contribution >= 0.6 is 0 Å². The number of aryl methyl sites for hydroxylation is 1. The van der Waals surface area contributed by atoms with Gasteiger partial charge in [-0.2, -0.15) is 0 Å². The summed E-state index contributed by atoms with van der Waals surface area (Å²) in [6.45, 7) is 3.36. The SMILES string of the molecule is CCn1ccc2cc(CCO)ccc21. The maximum absolute atomic E-state index is 8.84. The van der Waals surface area contributed by atoms with Gasteiger partial charge >= 0.3 is 0 Å². The van der Waals surface area contributed by atoms with Gasteiger partial charge in [-0.3, -0.25) is 0 Å². The first kappa shape index (κ1) is 9.28. The van der Waals surface area contributed by atoms with Crippen LogP contribution in [0.5, 0.6) is 0 Å². The van der Waals surface area contributed by atoms with E-state index in [2.05, 4.69) is 42.0 Å². The highest BCUT2D eigenvalue weighted by molar-refractivity contribution is 5.80. The Kier molecular flexibility index (Phi) is 2.55. The van der Waals surface area contributed by atoms with Gasteiger partial charge in [-0.15, -0.1) is 0 Å². The Morgan fingerprint density at radius 2 is 2.14 bits per heavy atom. The van der Waals surface area contributed by atoms with E-state index in [1.165, 1.54) is 16.5 Å². The van der Waals surface area contributed by atoms with Crippen molar-refractivity contribution in [3.05, 3.63) is 36.0 Å². The second kappa shape index (κ2) is 3.84. The number of nitrogens with zero attached hydrogens (tertiary/aromatic N) is 1. The minimum atomic E-state index is 0.222. The molecule has 0 aliphatic rings. The average molecular weight is 189 g/mol. The standard InChI is InChI=1S/C12H15NO/c1-2-13-7-5-11-9-10(6-8-14)3-4-12(11)13/h3-5,7,9,14H,2,6,8H2,1H3. The molecule has 0 aliphatic carbocycles.